The van der Waals surface area contributed by atoms with E-state index in [0.29, 0.717) is 6.04 Å². The molecule has 0 aromatic heterocycles. The Morgan fingerprint density at radius 2 is 2.64 bits per heavy atom. The van der Waals surface area contributed by atoms with Crippen molar-refractivity contribution in [3.63, 3.8) is 0 Å². The maximum Gasteiger partial charge on any atom is 0.246 e. The maximum atomic E-state index is 5.54. The van der Waals surface area contributed by atoms with Crippen molar-refractivity contribution in [1.29, 1.82) is 0 Å². The van der Waals surface area contributed by atoms with E-state index < -0.39 is 0 Å². The molecule has 1 aliphatic heterocycles. The van der Waals surface area contributed by atoms with Gasteiger partial charge in [-0.3, -0.25) is 0 Å². The van der Waals surface area contributed by atoms with E-state index in [0.717, 1.165) is 18.1 Å². The Bertz CT molecular complexity index is 212. The van der Waals surface area contributed by atoms with E-state index in [4.69, 9.17) is 4.74 Å². The molecule has 2 unspecified atom stereocenters. The molecule has 0 fully saturated rings. The normalized spacial score (nSPS) is 34.5. The summed E-state index contributed by atoms with van der Waals surface area (Å²) in [6, 6.07) is 0.405. The summed E-state index contributed by atoms with van der Waals surface area (Å²) in [7, 11) is 0. The molecule has 0 amide bonds. The first kappa shape index (κ1) is 7.22. The second-order valence-electron chi connectivity index (χ2n) is 2.75. The molecule has 1 aliphatic carbocycles. The van der Waals surface area contributed by atoms with Crippen LogP contribution < -0.4 is 0 Å². The molecular weight excluding hydrogens is 158 g/mol. The van der Waals surface area contributed by atoms with E-state index in [2.05, 4.69) is 17.1 Å². The quantitative estimate of drug-likeness (QED) is 0.516. The van der Waals surface area contributed by atoms with Gasteiger partial charge in [-0.15, -0.1) is 0 Å². The maximum absolute atomic E-state index is 5.54. The van der Waals surface area contributed by atoms with Gasteiger partial charge in [0.2, 0.25) is 5.23 Å². The molecule has 0 aromatic carbocycles. The van der Waals surface area contributed by atoms with Crippen molar-refractivity contribution >= 4 is 17.0 Å². The van der Waals surface area contributed by atoms with E-state index in [1.165, 1.54) is 0 Å². The minimum atomic E-state index is 0.242. The Balaban J connectivity index is 2.10. The summed E-state index contributed by atoms with van der Waals surface area (Å²) in [5.74, 6) is 0. The van der Waals surface area contributed by atoms with E-state index in [-0.39, 0.29) is 6.10 Å². The minimum absolute atomic E-state index is 0.242. The highest BCUT2D eigenvalue weighted by Gasteiger charge is 2.29. The molecule has 0 N–H and O–H groups in total. The number of hydrogen-bond donors (Lipinski definition) is 0. The van der Waals surface area contributed by atoms with E-state index in [1.807, 2.05) is 6.26 Å². The summed E-state index contributed by atoms with van der Waals surface area (Å²) in [5.41, 5.74) is 0. The number of nitrogens with zero attached hydrogens (tertiary/aromatic N) is 1. The predicted molar refractivity (Wildman–Crippen MR) is 48.0 cm³/mol. The Kier molecular flexibility index (Phi) is 1.90. The Labute approximate surface area is 70.7 Å². The van der Waals surface area contributed by atoms with E-state index in [9.17, 15) is 0 Å². The Morgan fingerprint density at radius 1 is 1.73 bits per heavy atom. The van der Waals surface area contributed by atoms with Crippen LogP contribution in [-0.4, -0.2) is 23.6 Å². The molecule has 2 aliphatic rings. The topological polar surface area (TPSA) is 21.6 Å². The van der Waals surface area contributed by atoms with Gasteiger partial charge in [-0.2, -0.15) is 0 Å². The second kappa shape index (κ2) is 2.89. The largest absolute Gasteiger partial charge is 0.463 e. The van der Waals surface area contributed by atoms with Crippen LogP contribution in [0.15, 0.2) is 17.1 Å². The molecule has 0 aromatic rings. The molecule has 2 rings (SSSR count). The fourth-order valence-corrected chi connectivity index (χ4v) is 1.88. The lowest BCUT2D eigenvalue weighted by atomic mass is 10.0. The number of rotatable bonds is 0. The van der Waals surface area contributed by atoms with Crippen molar-refractivity contribution in [2.24, 2.45) is 4.99 Å². The molecule has 1 heterocycles. The van der Waals surface area contributed by atoms with Crippen LogP contribution in [-0.2, 0) is 4.74 Å². The van der Waals surface area contributed by atoms with E-state index in [1.54, 1.807) is 11.8 Å². The summed E-state index contributed by atoms with van der Waals surface area (Å²) >= 11 is 1.59. The average molecular weight is 169 g/mol. The minimum Gasteiger partial charge on any atom is -0.463 e. The molecule has 11 heavy (non-hydrogen) atoms. The first-order valence-electron chi connectivity index (χ1n) is 3.85. The summed E-state index contributed by atoms with van der Waals surface area (Å²) in [5, 5.41) is 0.853. The molecule has 0 saturated carbocycles. The number of hydrogen-bond acceptors (Lipinski definition) is 3. The summed E-state index contributed by atoms with van der Waals surface area (Å²) in [6.07, 6.45) is 8.84. The fraction of sp³-hybridized carbons (Fsp3) is 0.625. The van der Waals surface area contributed by atoms with Gasteiger partial charge in [0.1, 0.15) is 6.10 Å². The molecule has 3 heteroatoms. The monoisotopic (exact) mass is 169 g/mol. The van der Waals surface area contributed by atoms with Crippen molar-refractivity contribution < 1.29 is 4.74 Å². The zero-order valence-corrected chi connectivity index (χ0v) is 7.30. The van der Waals surface area contributed by atoms with Crippen molar-refractivity contribution in [3.8, 4) is 0 Å². The smallest absolute Gasteiger partial charge is 0.246 e. The molecule has 0 saturated heterocycles. The van der Waals surface area contributed by atoms with Crippen molar-refractivity contribution in [2.75, 3.05) is 6.26 Å². The zero-order valence-electron chi connectivity index (χ0n) is 6.49. The van der Waals surface area contributed by atoms with Crippen LogP contribution in [0.25, 0.3) is 0 Å². The third kappa shape index (κ3) is 1.29. The fourth-order valence-electron chi connectivity index (χ4n) is 1.43. The van der Waals surface area contributed by atoms with Crippen molar-refractivity contribution in [2.45, 2.75) is 25.0 Å². The first-order chi connectivity index (χ1) is 5.40. The van der Waals surface area contributed by atoms with Crippen LogP contribution in [0.5, 0.6) is 0 Å². The number of allylic oxidation sites excluding steroid dienone is 1. The van der Waals surface area contributed by atoms with Gasteiger partial charge in [0.15, 0.2) is 0 Å². The van der Waals surface area contributed by atoms with Gasteiger partial charge < -0.3 is 4.74 Å². The molecule has 0 spiro atoms. The Hall–Kier alpha value is -0.440. The standard InChI is InChI=1S/C8H11NOS/c1-11-8-9-6-4-2-3-5-7(6)10-8/h3,5-7H,2,4H2,1H3. The summed E-state index contributed by atoms with van der Waals surface area (Å²) < 4.78 is 5.54. The third-order valence-electron chi connectivity index (χ3n) is 2.02. The van der Waals surface area contributed by atoms with Crippen LogP contribution in [0, 0.1) is 0 Å². The van der Waals surface area contributed by atoms with Gasteiger partial charge in [-0.25, -0.2) is 4.99 Å². The van der Waals surface area contributed by atoms with Gasteiger partial charge in [0, 0.05) is 0 Å². The summed E-state index contributed by atoms with van der Waals surface area (Å²) in [4.78, 5) is 4.43. The highest BCUT2D eigenvalue weighted by Crippen LogP contribution is 2.26. The highest BCUT2D eigenvalue weighted by molar-refractivity contribution is 8.12. The molecule has 2 atom stereocenters. The molecular formula is C8H11NOS. The van der Waals surface area contributed by atoms with Gasteiger partial charge in [0.25, 0.3) is 0 Å². The van der Waals surface area contributed by atoms with E-state index >= 15 is 0 Å². The van der Waals surface area contributed by atoms with Crippen molar-refractivity contribution in [3.05, 3.63) is 12.2 Å². The van der Waals surface area contributed by atoms with Crippen LogP contribution in [0.4, 0.5) is 0 Å². The number of fused-ring (bicyclic) bond motifs is 1. The number of aliphatic imine (C=N–C) groups is 1. The zero-order chi connectivity index (χ0) is 7.68. The van der Waals surface area contributed by atoms with Gasteiger partial charge in [-0.05, 0) is 25.2 Å². The predicted octanol–water partition coefficient (Wildman–Crippen LogP) is 1.82. The van der Waals surface area contributed by atoms with Crippen LogP contribution in [0.3, 0.4) is 0 Å². The second-order valence-corrected chi connectivity index (χ2v) is 3.51. The third-order valence-corrected chi connectivity index (χ3v) is 2.57. The average Bonchev–Trinajstić information content (AvgIpc) is 2.46. The van der Waals surface area contributed by atoms with Crippen LogP contribution >= 0.6 is 11.8 Å². The summed E-state index contributed by atoms with van der Waals surface area (Å²) in [6.45, 7) is 0. The molecule has 2 nitrogen and oxygen atoms in total. The molecule has 60 valence electrons. The SMILES string of the molecule is CSC1=NC2CCC=CC2O1. The van der Waals surface area contributed by atoms with Gasteiger partial charge >= 0.3 is 0 Å². The lowest BCUT2D eigenvalue weighted by Crippen LogP contribution is -2.22. The van der Waals surface area contributed by atoms with Gasteiger partial charge in [0.05, 0.1) is 6.04 Å². The van der Waals surface area contributed by atoms with Crippen LogP contribution in [0.1, 0.15) is 12.8 Å². The first-order valence-corrected chi connectivity index (χ1v) is 5.08. The lowest BCUT2D eigenvalue weighted by Gasteiger charge is -2.16. The molecule has 0 radical (unpaired) electrons. The van der Waals surface area contributed by atoms with Gasteiger partial charge in [-0.1, -0.05) is 17.8 Å². The van der Waals surface area contributed by atoms with Crippen molar-refractivity contribution in [1.82, 2.24) is 0 Å². The molecule has 0 bridgehead atoms. The lowest BCUT2D eigenvalue weighted by molar-refractivity contribution is 0.236. The Morgan fingerprint density at radius 3 is 3.36 bits per heavy atom. The highest BCUT2D eigenvalue weighted by atomic mass is 32.2. The number of thioether (sulfide) groups is 1. The van der Waals surface area contributed by atoms with Crippen LogP contribution in [0.2, 0.25) is 0 Å². The number of ether oxygens (including phenoxy) is 1.